The largest absolute Gasteiger partial charge is 0.504 e. The summed E-state index contributed by atoms with van der Waals surface area (Å²) in [5, 5.41) is 22.5. The van der Waals surface area contributed by atoms with E-state index in [1.54, 1.807) is 23.9 Å². The lowest BCUT2D eigenvalue weighted by atomic mass is 9.94. The lowest BCUT2D eigenvalue weighted by molar-refractivity contribution is -0.137. The van der Waals surface area contributed by atoms with Crippen molar-refractivity contribution in [3.8, 4) is 11.5 Å². The molecule has 1 aromatic rings. The lowest BCUT2D eigenvalue weighted by Gasteiger charge is -2.27. The van der Waals surface area contributed by atoms with Crippen molar-refractivity contribution in [2.75, 3.05) is 18.9 Å². The molecule has 5 nitrogen and oxygen atoms in total. The van der Waals surface area contributed by atoms with Crippen LogP contribution in [0.2, 0.25) is 0 Å². The van der Waals surface area contributed by atoms with Crippen LogP contribution in [0.1, 0.15) is 23.6 Å². The van der Waals surface area contributed by atoms with Crippen molar-refractivity contribution in [2.24, 2.45) is 0 Å². The first-order valence-corrected chi connectivity index (χ1v) is 7.76. The average Bonchev–Trinajstić information content (AvgIpc) is 2.83. The van der Waals surface area contributed by atoms with Crippen molar-refractivity contribution in [3.05, 3.63) is 23.3 Å². The van der Waals surface area contributed by atoms with Crippen molar-refractivity contribution in [1.82, 2.24) is 5.32 Å². The summed E-state index contributed by atoms with van der Waals surface area (Å²) in [7, 11) is 0. The van der Waals surface area contributed by atoms with Gasteiger partial charge >= 0.3 is 5.97 Å². The van der Waals surface area contributed by atoms with E-state index < -0.39 is 0 Å². The van der Waals surface area contributed by atoms with Crippen LogP contribution in [0.4, 0.5) is 0 Å². The van der Waals surface area contributed by atoms with Crippen LogP contribution < -0.4 is 5.32 Å². The molecule has 2 heterocycles. The molecule has 0 bridgehead atoms. The van der Waals surface area contributed by atoms with Gasteiger partial charge < -0.3 is 20.3 Å². The topological polar surface area (TPSA) is 78.8 Å². The molecular weight excluding hydrogens is 314 g/mol. The first-order valence-electron chi connectivity index (χ1n) is 6.71. The molecule has 1 fully saturated rings. The number of rotatable bonds is 3. The Morgan fingerprint density at radius 3 is 2.81 bits per heavy atom. The highest BCUT2D eigenvalue weighted by atomic mass is 35.5. The van der Waals surface area contributed by atoms with Gasteiger partial charge in [-0.05, 0) is 36.2 Å². The number of carbonyl (C=O) groups excluding carboxylic acids is 1. The summed E-state index contributed by atoms with van der Waals surface area (Å²) in [5.41, 5.74) is 2.06. The maximum Gasteiger partial charge on any atom is 0.319 e. The predicted molar refractivity (Wildman–Crippen MR) is 83.3 cm³/mol. The molecule has 2 aliphatic heterocycles. The molecule has 2 aliphatic rings. The molecule has 0 amide bonds. The first kappa shape index (κ1) is 16.3. The molecular formula is C14H18ClNO4S. The smallest absolute Gasteiger partial charge is 0.319 e. The summed E-state index contributed by atoms with van der Waals surface area (Å²) in [6, 6.07) is 3.34. The number of fused-ring (bicyclic) bond motifs is 1. The number of phenols is 2. The highest BCUT2D eigenvalue weighted by Crippen LogP contribution is 2.36. The van der Waals surface area contributed by atoms with Crippen LogP contribution in [-0.4, -0.2) is 40.3 Å². The van der Waals surface area contributed by atoms with Crippen LogP contribution in [-0.2, 0) is 16.0 Å². The zero-order valence-corrected chi connectivity index (χ0v) is 13.0. The number of thioether (sulfide) groups is 1. The minimum absolute atomic E-state index is 0. The lowest BCUT2D eigenvalue weighted by Crippen LogP contribution is -2.32. The maximum atomic E-state index is 11.5. The van der Waals surface area contributed by atoms with E-state index in [2.05, 4.69) is 5.32 Å². The van der Waals surface area contributed by atoms with Gasteiger partial charge in [0.2, 0.25) is 0 Å². The van der Waals surface area contributed by atoms with E-state index in [1.807, 2.05) is 0 Å². The number of phenolic OH excluding ortho intramolecular Hbond substituents is 2. The number of hydrogen-bond acceptors (Lipinski definition) is 6. The summed E-state index contributed by atoms with van der Waals surface area (Å²) in [6.07, 6.45) is 1.60. The number of nitrogens with one attached hydrogen (secondary N) is 1. The molecule has 0 aliphatic carbocycles. The summed E-state index contributed by atoms with van der Waals surface area (Å²) in [5.74, 6) is 0.454. The molecule has 3 N–H and O–H groups in total. The molecule has 0 saturated carbocycles. The maximum absolute atomic E-state index is 11.5. The molecule has 0 aromatic heterocycles. The van der Waals surface area contributed by atoms with E-state index >= 15 is 0 Å². The third-order valence-corrected chi connectivity index (χ3v) is 5.10. The van der Waals surface area contributed by atoms with E-state index in [4.69, 9.17) is 4.74 Å². The van der Waals surface area contributed by atoms with Crippen molar-refractivity contribution < 1.29 is 19.7 Å². The van der Waals surface area contributed by atoms with Gasteiger partial charge in [-0.1, -0.05) is 0 Å². The molecule has 2 atom stereocenters. The van der Waals surface area contributed by atoms with Crippen LogP contribution in [0.3, 0.4) is 0 Å². The van der Waals surface area contributed by atoms with Crippen molar-refractivity contribution in [1.29, 1.82) is 0 Å². The van der Waals surface area contributed by atoms with E-state index in [0.717, 1.165) is 36.3 Å². The molecule has 7 heteroatoms. The van der Waals surface area contributed by atoms with Gasteiger partial charge in [-0.3, -0.25) is 4.79 Å². The minimum Gasteiger partial charge on any atom is -0.504 e. The zero-order chi connectivity index (χ0) is 14.1. The zero-order valence-electron chi connectivity index (χ0n) is 11.4. The third-order valence-electron chi connectivity index (χ3n) is 3.75. The van der Waals surface area contributed by atoms with Gasteiger partial charge in [-0.2, -0.15) is 0 Å². The van der Waals surface area contributed by atoms with Gasteiger partial charge in [0, 0.05) is 18.2 Å². The van der Waals surface area contributed by atoms with Gasteiger partial charge in [0.1, 0.15) is 5.25 Å². The normalized spacial score (nSPS) is 24.1. The highest BCUT2D eigenvalue weighted by molar-refractivity contribution is 8.00. The second-order valence-corrected chi connectivity index (χ2v) is 6.31. The molecule has 2 unspecified atom stereocenters. The fraction of sp³-hybridized carbons (Fsp3) is 0.500. The molecule has 21 heavy (non-hydrogen) atoms. The highest BCUT2D eigenvalue weighted by Gasteiger charge is 2.29. The Balaban J connectivity index is 0.00000161. The van der Waals surface area contributed by atoms with Crippen LogP contribution >= 0.6 is 24.2 Å². The van der Waals surface area contributed by atoms with E-state index in [-0.39, 0.29) is 41.2 Å². The molecule has 1 aromatic carbocycles. The Hall–Kier alpha value is -1.11. The predicted octanol–water partition coefficient (Wildman–Crippen LogP) is 1.76. The summed E-state index contributed by atoms with van der Waals surface area (Å²) >= 11 is 1.59. The minimum atomic E-state index is -0.125. The molecule has 0 radical (unpaired) electrons. The quantitative estimate of drug-likeness (QED) is 0.578. The summed E-state index contributed by atoms with van der Waals surface area (Å²) in [6.45, 7) is 1.34. The number of benzene rings is 1. The van der Waals surface area contributed by atoms with Crippen molar-refractivity contribution in [2.45, 2.75) is 24.1 Å². The van der Waals surface area contributed by atoms with Crippen LogP contribution in [0.5, 0.6) is 11.5 Å². The Bertz CT molecular complexity index is 540. The van der Waals surface area contributed by atoms with Crippen molar-refractivity contribution >= 4 is 30.1 Å². The van der Waals surface area contributed by atoms with Gasteiger partial charge in [0.15, 0.2) is 11.5 Å². The van der Waals surface area contributed by atoms with Crippen molar-refractivity contribution in [3.63, 3.8) is 0 Å². The number of hydrogen-bond donors (Lipinski definition) is 3. The van der Waals surface area contributed by atoms with Gasteiger partial charge in [-0.15, -0.1) is 24.2 Å². The number of aromatic hydroxyl groups is 2. The van der Waals surface area contributed by atoms with E-state index in [1.165, 1.54) is 0 Å². The number of cyclic esters (lactones) is 1. The fourth-order valence-electron chi connectivity index (χ4n) is 2.66. The SMILES string of the molecule is Cl.O=C1OCCC1SCC1NCCc2cc(O)c(O)cc21. The number of esters is 1. The van der Waals surface area contributed by atoms with Gasteiger partial charge in [-0.25, -0.2) is 0 Å². The van der Waals surface area contributed by atoms with Gasteiger partial charge in [0.25, 0.3) is 0 Å². The first-order chi connectivity index (χ1) is 9.65. The Labute approximate surface area is 133 Å². The number of halogens is 1. The number of ether oxygens (including phenoxy) is 1. The monoisotopic (exact) mass is 331 g/mol. The number of carbonyl (C=O) groups is 1. The standard InChI is InChI=1S/C14H17NO4S.ClH/c16-11-5-8-1-3-15-10(9(8)6-12(11)17)7-20-13-2-4-19-14(13)18;/h5-6,10,13,15-17H,1-4,7H2;1H. The Kier molecular flexibility index (Phi) is 5.24. The van der Waals surface area contributed by atoms with Crippen LogP contribution in [0.15, 0.2) is 12.1 Å². The summed E-state index contributed by atoms with van der Waals surface area (Å²) < 4.78 is 4.96. The molecule has 1 saturated heterocycles. The molecule has 3 rings (SSSR count). The van der Waals surface area contributed by atoms with E-state index in [0.29, 0.717) is 6.61 Å². The second kappa shape index (κ2) is 6.77. The molecule has 0 spiro atoms. The van der Waals surface area contributed by atoms with Crippen LogP contribution in [0, 0.1) is 0 Å². The van der Waals surface area contributed by atoms with Gasteiger partial charge in [0.05, 0.1) is 6.61 Å². The Morgan fingerprint density at radius 1 is 1.33 bits per heavy atom. The van der Waals surface area contributed by atoms with E-state index in [9.17, 15) is 15.0 Å². The fourth-order valence-corrected chi connectivity index (χ4v) is 3.85. The second-order valence-electron chi connectivity index (χ2n) is 5.07. The average molecular weight is 332 g/mol. The summed E-state index contributed by atoms with van der Waals surface area (Å²) in [4.78, 5) is 11.5. The Morgan fingerprint density at radius 2 is 2.10 bits per heavy atom. The van der Waals surface area contributed by atoms with Crippen LogP contribution in [0.25, 0.3) is 0 Å². The molecule has 116 valence electrons. The third kappa shape index (κ3) is 3.39.